The van der Waals surface area contributed by atoms with Crippen LogP contribution in [0.4, 0.5) is 5.82 Å². The molecule has 21 heavy (non-hydrogen) atoms. The minimum Gasteiger partial charge on any atom is -0.377 e. The Morgan fingerprint density at radius 1 is 1.71 bits per heavy atom. The first-order valence-corrected chi connectivity index (χ1v) is 8.19. The normalized spacial score (nSPS) is 28.4. The number of hydrogen-bond acceptors (Lipinski definition) is 4. The minimum atomic E-state index is -0.946. The van der Waals surface area contributed by atoms with Crippen molar-refractivity contribution >= 4 is 39.3 Å². The Bertz CT molecular complexity index is 596. The van der Waals surface area contributed by atoms with E-state index in [4.69, 9.17) is 17.3 Å². The smallest absolute Gasteiger partial charge is 0.220 e. The predicted octanol–water partition coefficient (Wildman–Crippen LogP) is 1.89. The molecule has 1 aliphatic carbocycles. The lowest BCUT2D eigenvalue weighted by atomic mass is 9.78. The van der Waals surface area contributed by atoms with Gasteiger partial charge in [0.15, 0.2) is 0 Å². The summed E-state index contributed by atoms with van der Waals surface area (Å²) in [5.41, 5.74) is 6.45. The van der Waals surface area contributed by atoms with Crippen molar-refractivity contribution in [1.82, 2.24) is 4.98 Å². The number of nitrogens with zero attached hydrogens (tertiary/aromatic N) is 1. The van der Waals surface area contributed by atoms with Gasteiger partial charge in [-0.05, 0) is 40.8 Å². The molecule has 3 atom stereocenters. The predicted molar refractivity (Wildman–Crippen MR) is 84.2 cm³/mol. The van der Waals surface area contributed by atoms with Crippen molar-refractivity contribution in [2.75, 3.05) is 11.9 Å². The van der Waals surface area contributed by atoms with Crippen LogP contribution in [-0.4, -0.2) is 28.1 Å². The standard InChI is InChI=1S/C14H17BrClN3O2/c15-9-5-18-13-11(8(9)3-10(16)20)14(6-19-13)2-1-7(4-14)12(17)21/h5,7,10,20H,1-4,6H2,(H2,17,21)(H,18,19). The molecule has 1 fully saturated rings. The van der Waals surface area contributed by atoms with E-state index in [-0.39, 0.29) is 17.2 Å². The number of halogens is 2. The van der Waals surface area contributed by atoms with Crippen molar-refractivity contribution in [3.63, 3.8) is 0 Å². The van der Waals surface area contributed by atoms with Crippen molar-refractivity contribution in [3.05, 3.63) is 21.8 Å². The van der Waals surface area contributed by atoms with Crippen LogP contribution in [0.1, 0.15) is 30.4 Å². The van der Waals surface area contributed by atoms with Gasteiger partial charge in [-0.3, -0.25) is 4.79 Å². The van der Waals surface area contributed by atoms with Crippen molar-refractivity contribution in [3.8, 4) is 0 Å². The molecule has 5 nitrogen and oxygen atoms in total. The summed E-state index contributed by atoms with van der Waals surface area (Å²) in [5.74, 6) is 0.503. The molecule has 0 aromatic carbocycles. The average Bonchev–Trinajstić information content (AvgIpc) is 2.99. The topological polar surface area (TPSA) is 88.2 Å². The van der Waals surface area contributed by atoms with Gasteiger partial charge in [0.05, 0.1) is 0 Å². The van der Waals surface area contributed by atoms with Gasteiger partial charge < -0.3 is 16.2 Å². The van der Waals surface area contributed by atoms with Crippen LogP contribution in [0, 0.1) is 5.92 Å². The number of aliphatic hydroxyl groups excluding tert-OH is 1. The molecular formula is C14H17BrClN3O2. The second-order valence-electron chi connectivity index (χ2n) is 5.92. The van der Waals surface area contributed by atoms with Crippen molar-refractivity contribution in [2.24, 2.45) is 11.7 Å². The molecular weight excluding hydrogens is 358 g/mol. The Kier molecular flexibility index (Phi) is 3.88. The highest BCUT2D eigenvalue weighted by Gasteiger charge is 2.48. The van der Waals surface area contributed by atoms with Gasteiger partial charge in [0.25, 0.3) is 0 Å². The molecule has 2 aliphatic rings. The van der Waals surface area contributed by atoms with E-state index in [1.54, 1.807) is 6.20 Å². The first-order valence-electron chi connectivity index (χ1n) is 6.96. The van der Waals surface area contributed by atoms with Crippen LogP contribution in [0.2, 0.25) is 0 Å². The van der Waals surface area contributed by atoms with E-state index in [1.165, 1.54) is 0 Å². The fourth-order valence-corrected chi connectivity index (χ4v) is 4.31. The zero-order chi connectivity index (χ0) is 15.2. The minimum absolute atomic E-state index is 0.0921. The highest BCUT2D eigenvalue weighted by atomic mass is 79.9. The number of amides is 1. The Morgan fingerprint density at radius 3 is 3.10 bits per heavy atom. The summed E-state index contributed by atoms with van der Waals surface area (Å²) in [7, 11) is 0. The van der Waals surface area contributed by atoms with E-state index in [1.807, 2.05) is 0 Å². The quantitative estimate of drug-likeness (QED) is 0.705. The number of carbonyl (C=O) groups excluding carboxylic acids is 1. The van der Waals surface area contributed by atoms with E-state index < -0.39 is 5.56 Å². The summed E-state index contributed by atoms with van der Waals surface area (Å²) in [6.07, 6.45) is 4.49. The summed E-state index contributed by atoms with van der Waals surface area (Å²) >= 11 is 9.28. The number of anilines is 1. The number of alkyl halides is 1. The van der Waals surface area contributed by atoms with Crippen LogP contribution < -0.4 is 11.1 Å². The van der Waals surface area contributed by atoms with Gasteiger partial charge in [-0.15, -0.1) is 0 Å². The maximum Gasteiger partial charge on any atom is 0.220 e. The molecule has 1 aromatic rings. The fraction of sp³-hybridized carbons (Fsp3) is 0.571. The Hall–Kier alpha value is -0.850. The second kappa shape index (κ2) is 5.41. The van der Waals surface area contributed by atoms with Gasteiger partial charge >= 0.3 is 0 Å². The van der Waals surface area contributed by atoms with Crippen molar-refractivity contribution < 1.29 is 9.90 Å². The number of primary amides is 1. The van der Waals surface area contributed by atoms with E-state index in [0.29, 0.717) is 6.42 Å². The number of nitrogens with two attached hydrogens (primary N) is 1. The highest BCUT2D eigenvalue weighted by molar-refractivity contribution is 9.10. The fourth-order valence-electron chi connectivity index (χ4n) is 3.70. The Morgan fingerprint density at radius 2 is 2.48 bits per heavy atom. The maximum atomic E-state index is 11.5. The molecule has 0 bridgehead atoms. The molecule has 1 amide bonds. The summed E-state index contributed by atoms with van der Waals surface area (Å²) < 4.78 is 0.839. The number of pyridine rings is 1. The molecule has 7 heteroatoms. The maximum absolute atomic E-state index is 11.5. The third-order valence-corrected chi connectivity index (χ3v) is 5.48. The molecule has 4 N–H and O–H groups in total. The van der Waals surface area contributed by atoms with Crippen LogP contribution in [-0.2, 0) is 16.6 Å². The van der Waals surface area contributed by atoms with Crippen LogP contribution in [0.5, 0.6) is 0 Å². The van der Waals surface area contributed by atoms with Crippen LogP contribution in [0.15, 0.2) is 10.7 Å². The largest absolute Gasteiger partial charge is 0.377 e. The molecule has 0 radical (unpaired) electrons. The molecule has 1 aliphatic heterocycles. The Balaban J connectivity index is 2.05. The lowest BCUT2D eigenvalue weighted by Crippen LogP contribution is -2.29. The number of nitrogens with one attached hydrogen (secondary N) is 1. The summed E-state index contributed by atoms with van der Waals surface area (Å²) in [6, 6.07) is 0. The molecule has 1 spiro atoms. The molecule has 2 heterocycles. The highest BCUT2D eigenvalue weighted by Crippen LogP contribution is 2.51. The van der Waals surface area contributed by atoms with E-state index in [2.05, 4.69) is 26.2 Å². The lowest BCUT2D eigenvalue weighted by Gasteiger charge is -2.26. The van der Waals surface area contributed by atoms with E-state index >= 15 is 0 Å². The SMILES string of the molecule is NC(=O)C1CCC2(CNc3ncc(Br)c(CC(O)Cl)c32)C1. The zero-order valence-electron chi connectivity index (χ0n) is 11.4. The molecule has 114 valence electrons. The summed E-state index contributed by atoms with van der Waals surface area (Å²) in [5, 5.41) is 12.9. The van der Waals surface area contributed by atoms with Gasteiger partial charge in [-0.2, -0.15) is 0 Å². The number of rotatable bonds is 3. The number of hydrogen-bond donors (Lipinski definition) is 3. The Labute approximate surface area is 136 Å². The molecule has 1 saturated carbocycles. The monoisotopic (exact) mass is 373 g/mol. The lowest BCUT2D eigenvalue weighted by molar-refractivity contribution is -0.121. The molecule has 3 rings (SSSR count). The van der Waals surface area contributed by atoms with Gasteiger partial charge in [0.2, 0.25) is 5.91 Å². The van der Waals surface area contributed by atoms with Gasteiger partial charge in [0.1, 0.15) is 11.4 Å². The molecule has 0 saturated heterocycles. The van der Waals surface area contributed by atoms with E-state index in [0.717, 1.165) is 47.2 Å². The summed E-state index contributed by atoms with van der Waals surface area (Å²) in [6.45, 7) is 0.751. The van der Waals surface area contributed by atoms with E-state index in [9.17, 15) is 9.90 Å². The first-order chi connectivity index (χ1) is 9.93. The van der Waals surface area contributed by atoms with Gasteiger partial charge in [0, 0.05) is 40.5 Å². The van der Waals surface area contributed by atoms with Crippen molar-refractivity contribution in [1.29, 1.82) is 0 Å². The number of aliphatic hydroxyl groups is 1. The number of fused-ring (bicyclic) bond motifs is 2. The number of carbonyl (C=O) groups is 1. The van der Waals surface area contributed by atoms with Crippen molar-refractivity contribution in [2.45, 2.75) is 36.7 Å². The zero-order valence-corrected chi connectivity index (χ0v) is 13.7. The van der Waals surface area contributed by atoms with Crippen LogP contribution in [0.25, 0.3) is 0 Å². The average molecular weight is 375 g/mol. The summed E-state index contributed by atoms with van der Waals surface area (Å²) in [4.78, 5) is 15.9. The number of aromatic nitrogens is 1. The first kappa shape index (κ1) is 15.1. The van der Waals surface area contributed by atoms with Crippen LogP contribution >= 0.6 is 27.5 Å². The van der Waals surface area contributed by atoms with Gasteiger partial charge in [-0.1, -0.05) is 11.6 Å². The third kappa shape index (κ3) is 2.53. The molecule has 1 aromatic heterocycles. The van der Waals surface area contributed by atoms with Gasteiger partial charge in [-0.25, -0.2) is 4.98 Å². The van der Waals surface area contributed by atoms with Crippen LogP contribution in [0.3, 0.4) is 0 Å². The molecule has 3 unspecified atom stereocenters. The third-order valence-electron chi connectivity index (χ3n) is 4.64. The second-order valence-corrected chi connectivity index (χ2v) is 7.28.